The molecule has 0 aliphatic carbocycles. The molecule has 26 heavy (non-hydrogen) atoms. The number of rotatable bonds is 6. The molecule has 1 N–H and O–H groups in total. The Morgan fingerprint density at radius 1 is 1.23 bits per heavy atom. The minimum Gasteiger partial charge on any atom is -0.493 e. The van der Waals surface area contributed by atoms with E-state index in [1.165, 1.54) is 12.3 Å². The van der Waals surface area contributed by atoms with Gasteiger partial charge in [-0.25, -0.2) is 4.99 Å². The van der Waals surface area contributed by atoms with E-state index >= 15 is 0 Å². The molecule has 1 aromatic heterocycles. The number of carbonyl (C=O) groups is 2. The summed E-state index contributed by atoms with van der Waals surface area (Å²) in [6, 6.07) is 7.05. The molecule has 0 spiro atoms. The highest BCUT2D eigenvalue weighted by Gasteiger charge is 2.24. The van der Waals surface area contributed by atoms with Gasteiger partial charge in [-0.1, -0.05) is 11.2 Å². The molecule has 0 fully saturated rings. The van der Waals surface area contributed by atoms with E-state index in [9.17, 15) is 9.59 Å². The molecule has 2 heterocycles. The molecule has 8 heteroatoms. The molecule has 134 valence electrons. The lowest BCUT2D eigenvalue weighted by Gasteiger charge is -2.10. The first-order valence-corrected chi connectivity index (χ1v) is 7.82. The van der Waals surface area contributed by atoms with E-state index in [-0.39, 0.29) is 6.54 Å². The van der Waals surface area contributed by atoms with Crippen LogP contribution in [-0.4, -0.2) is 37.4 Å². The molecule has 3 rings (SSSR count). The SMILES string of the molecule is COc1ccc(-c2cc(CNC(=O)C3C=CC=NC3=O)no2)cc1OC. The normalized spacial score (nSPS) is 15.8. The number of hydrogen-bond acceptors (Lipinski definition) is 6. The Bertz CT molecular complexity index is 885. The number of ether oxygens (including phenoxy) is 2. The molecule has 0 saturated carbocycles. The molecule has 1 aromatic carbocycles. The van der Waals surface area contributed by atoms with Crippen LogP contribution in [0.4, 0.5) is 0 Å². The summed E-state index contributed by atoms with van der Waals surface area (Å²) in [6.45, 7) is 0.136. The van der Waals surface area contributed by atoms with Gasteiger partial charge >= 0.3 is 0 Å². The van der Waals surface area contributed by atoms with Gasteiger partial charge in [-0.3, -0.25) is 9.59 Å². The number of hydrogen-bond donors (Lipinski definition) is 1. The number of benzene rings is 1. The van der Waals surface area contributed by atoms with Crippen LogP contribution in [0.25, 0.3) is 11.3 Å². The van der Waals surface area contributed by atoms with E-state index in [1.807, 2.05) is 6.07 Å². The molecule has 0 saturated heterocycles. The smallest absolute Gasteiger partial charge is 0.262 e. The Kier molecular flexibility index (Phi) is 5.12. The Labute approximate surface area is 149 Å². The average Bonchev–Trinajstić information content (AvgIpc) is 3.15. The molecular weight excluding hydrogens is 338 g/mol. The van der Waals surface area contributed by atoms with Crippen molar-refractivity contribution in [3.63, 3.8) is 0 Å². The van der Waals surface area contributed by atoms with Crippen LogP contribution in [0, 0.1) is 5.92 Å². The maximum absolute atomic E-state index is 12.1. The molecule has 0 bridgehead atoms. The van der Waals surface area contributed by atoms with Crippen molar-refractivity contribution in [2.24, 2.45) is 10.9 Å². The summed E-state index contributed by atoms with van der Waals surface area (Å²) < 4.78 is 15.8. The van der Waals surface area contributed by atoms with E-state index in [2.05, 4.69) is 15.5 Å². The first-order chi connectivity index (χ1) is 12.6. The minimum atomic E-state index is -0.905. The Morgan fingerprint density at radius 2 is 2.04 bits per heavy atom. The van der Waals surface area contributed by atoms with Crippen molar-refractivity contribution in [2.45, 2.75) is 6.54 Å². The third-order valence-corrected chi connectivity index (χ3v) is 3.81. The van der Waals surface area contributed by atoms with Crippen LogP contribution < -0.4 is 14.8 Å². The second-order valence-corrected chi connectivity index (χ2v) is 5.45. The summed E-state index contributed by atoms with van der Waals surface area (Å²) in [4.78, 5) is 27.2. The number of amides is 2. The van der Waals surface area contributed by atoms with Crippen LogP contribution in [-0.2, 0) is 16.1 Å². The highest BCUT2D eigenvalue weighted by Crippen LogP contribution is 2.32. The molecule has 2 amide bonds. The third-order valence-electron chi connectivity index (χ3n) is 3.81. The van der Waals surface area contributed by atoms with Crippen LogP contribution in [0.2, 0.25) is 0 Å². The van der Waals surface area contributed by atoms with Gasteiger partial charge in [-0.15, -0.1) is 0 Å². The number of allylic oxidation sites excluding steroid dienone is 1. The van der Waals surface area contributed by atoms with E-state index in [4.69, 9.17) is 14.0 Å². The van der Waals surface area contributed by atoms with Crippen LogP contribution in [0.3, 0.4) is 0 Å². The number of methoxy groups -OCH3 is 2. The van der Waals surface area contributed by atoms with Crippen molar-refractivity contribution in [3.05, 3.63) is 42.1 Å². The fourth-order valence-electron chi connectivity index (χ4n) is 2.45. The molecule has 1 aliphatic heterocycles. The topological polar surface area (TPSA) is 103 Å². The van der Waals surface area contributed by atoms with Gasteiger partial charge in [-0.05, 0) is 24.3 Å². The van der Waals surface area contributed by atoms with Crippen molar-refractivity contribution in [1.29, 1.82) is 0 Å². The lowest BCUT2D eigenvalue weighted by Crippen LogP contribution is -2.34. The highest BCUT2D eigenvalue weighted by molar-refractivity contribution is 6.07. The summed E-state index contributed by atoms with van der Waals surface area (Å²) in [6.07, 6.45) is 4.43. The summed E-state index contributed by atoms with van der Waals surface area (Å²) in [5.74, 6) is -0.129. The number of aromatic nitrogens is 1. The number of aliphatic imine (C=N–C) groups is 1. The Balaban J connectivity index is 1.67. The Hall–Kier alpha value is -3.42. The number of nitrogens with one attached hydrogen (secondary N) is 1. The largest absolute Gasteiger partial charge is 0.493 e. The molecule has 2 aromatic rings. The van der Waals surface area contributed by atoms with E-state index in [0.717, 1.165) is 5.56 Å². The summed E-state index contributed by atoms with van der Waals surface area (Å²) in [5, 5.41) is 6.59. The quantitative estimate of drug-likeness (QED) is 0.792. The predicted octanol–water partition coefficient (Wildman–Crippen LogP) is 1.76. The molecule has 1 atom stereocenters. The van der Waals surface area contributed by atoms with Gasteiger partial charge in [0, 0.05) is 17.8 Å². The van der Waals surface area contributed by atoms with Crippen LogP contribution in [0.15, 0.2) is 45.9 Å². The van der Waals surface area contributed by atoms with Gasteiger partial charge in [0.25, 0.3) is 5.91 Å². The van der Waals surface area contributed by atoms with Crippen molar-refractivity contribution in [1.82, 2.24) is 10.5 Å². The maximum Gasteiger partial charge on any atom is 0.262 e. The van der Waals surface area contributed by atoms with E-state index in [0.29, 0.717) is 23.0 Å². The number of nitrogens with zero attached hydrogens (tertiary/aromatic N) is 2. The zero-order valence-electron chi connectivity index (χ0n) is 14.3. The minimum absolute atomic E-state index is 0.136. The van der Waals surface area contributed by atoms with Crippen molar-refractivity contribution < 1.29 is 23.6 Å². The maximum atomic E-state index is 12.1. The number of carbonyl (C=O) groups excluding carboxylic acids is 2. The van der Waals surface area contributed by atoms with Gasteiger partial charge in [0.2, 0.25) is 5.91 Å². The second-order valence-electron chi connectivity index (χ2n) is 5.45. The van der Waals surface area contributed by atoms with E-state index < -0.39 is 17.7 Å². The summed E-state index contributed by atoms with van der Waals surface area (Å²) in [5.41, 5.74) is 1.28. The second kappa shape index (κ2) is 7.64. The average molecular weight is 355 g/mol. The van der Waals surface area contributed by atoms with Gasteiger partial charge in [0.05, 0.1) is 20.8 Å². The fourth-order valence-corrected chi connectivity index (χ4v) is 2.45. The summed E-state index contributed by atoms with van der Waals surface area (Å²) >= 11 is 0. The zero-order valence-corrected chi connectivity index (χ0v) is 14.3. The lowest BCUT2D eigenvalue weighted by molar-refractivity contribution is -0.131. The van der Waals surface area contributed by atoms with Gasteiger partial charge in [0.15, 0.2) is 17.3 Å². The molecule has 1 aliphatic rings. The summed E-state index contributed by atoms with van der Waals surface area (Å²) in [7, 11) is 3.11. The van der Waals surface area contributed by atoms with Crippen LogP contribution in [0.5, 0.6) is 11.5 Å². The monoisotopic (exact) mass is 355 g/mol. The standard InChI is InChI=1S/C18H17N3O5/c1-24-14-6-5-11(8-16(14)25-2)15-9-12(21-26-15)10-20-18(23)13-4-3-7-19-17(13)22/h3-9,13H,10H2,1-2H3,(H,20,23). The third kappa shape index (κ3) is 3.64. The van der Waals surface area contributed by atoms with Crippen molar-refractivity contribution >= 4 is 18.0 Å². The first kappa shape index (κ1) is 17.4. The van der Waals surface area contributed by atoms with Gasteiger partial charge < -0.3 is 19.3 Å². The Morgan fingerprint density at radius 3 is 2.77 bits per heavy atom. The van der Waals surface area contributed by atoms with Crippen molar-refractivity contribution in [3.8, 4) is 22.8 Å². The van der Waals surface area contributed by atoms with Crippen LogP contribution >= 0.6 is 0 Å². The molecule has 1 unspecified atom stereocenters. The highest BCUT2D eigenvalue weighted by atomic mass is 16.5. The molecule has 0 radical (unpaired) electrons. The zero-order chi connectivity index (χ0) is 18.5. The molecular formula is C18H17N3O5. The van der Waals surface area contributed by atoms with E-state index in [1.54, 1.807) is 38.5 Å². The van der Waals surface area contributed by atoms with Gasteiger partial charge in [-0.2, -0.15) is 0 Å². The molecule has 8 nitrogen and oxygen atoms in total. The predicted molar refractivity (Wildman–Crippen MR) is 93.0 cm³/mol. The lowest BCUT2D eigenvalue weighted by atomic mass is 10.1. The van der Waals surface area contributed by atoms with Gasteiger partial charge in [0.1, 0.15) is 11.6 Å². The fraction of sp³-hybridized carbons (Fsp3) is 0.222. The first-order valence-electron chi connectivity index (χ1n) is 7.82. The van der Waals surface area contributed by atoms with Crippen LogP contribution in [0.1, 0.15) is 5.69 Å². The number of dihydropyridines is 1. The van der Waals surface area contributed by atoms with Crippen molar-refractivity contribution in [2.75, 3.05) is 14.2 Å².